The Labute approximate surface area is 112 Å². The van der Waals surface area contributed by atoms with E-state index in [-0.39, 0.29) is 12.1 Å². The Kier molecular flexibility index (Phi) is 6.29. The number of aromatic nitrogens is 1. The SMILES string of the molecule is CCCC(OCC)c1nc(C(=O)OCC)c(C)s1. The first kappa shape index (κ1) is 15.1. The van der Waals surface area contributed by atoms with Gasteiger partial charge in [0.2, 0.25) is 0 Å². The number of carbonyl (C=O) groups excluding carboxylic acids is 1. The number of nitrogens with zero attached hydrogens (tertiary/aromatic N) is 1. The monoisotopic (exact) mass is 271 g/mol. The van der Waals surface area contributed by atoms with Crippen LogP contribution in [0.25, 0.3) is 0 Å². The Hall–Kier alpha value is -0.940. The highest BCUT2D eigenvalue weighted by Crippen LogP contribution is 2.29. The van der Waals surface area contributed by atoms with Crippen molar-refractivity contribution in [1.82, 2.24) is 4.98 Å². The minimum Gasteiger partial charge on any atom is -0.461 e. The number of carbonyl (C=O) groups is 1. The Balaban J connectivity index is 2.89. The van der Waals surface area contributed by atoms with E-state index in [0.717, 1.165) is 22.7 Å². The zero-order chi connectivity index (χ0) is 13.5. The molecule has 1 atom stereocenters. The smallest absolute Gasteiger partial charge is 0.358 e. The summed E-state index contributed by atoms with van der Waals surface area (Å²) in [4.78, 5) is 17.0. The molecule has 1 aromatic heterocycles. The predicted molar refractivity (Wildman–Crippen MR) is 72.1 cm³/mol. The zero-order valence-electron chi connectivity index (χ0n) is 11.5. The van der Waals surface area contributed by atoms with Crippen LogP contribution in [0.15, 0.2) is 0 Å². The quantitative estimate of drug-likeness (QED) is 0.712. The van der Waals surface area contributed by atoms with E-state index in [4.69, 9.17) is 9.47 Å². The average Bonchev–Trinajstić information content (AvgIpc) is 2.71. The molecule has 5 heteroatoms. The fourth-order valence-electron chi connectivity index (χ4n) is 1.68. The maximum absolute atomic E-state index is 11.7. The molecule has 102 valence electrons. The lowest BCUT2D eigenvalue weighted by Crippen LogP contribution is -2.08. The number of hydrogen-bond acceptors (Lipinski definition) is 5. The van der Waals surface area contributed by atoms with Crippen molar-refractivity contribution in [2.75, 3.05) is 13.2 Å². The van der Waals surface area contributed by atoms with Crippen molar-refractivity contribution in [2.45, 2.75) is 46.6 Å². The van der Waals surface area contributed by atoms with E-state index in [2.05, 4.69) is 11.9 Å². The van der Waals surface area contributed by atoms with Crippen molar-refractivity contribution in [3.63, 3.8) is 0 Å². The summed E-state index contributed by atoms with van der Waals surface area (Å²) in [5.41, 5.74) is 0.428. The third kappa shape index (κ3) is 3.78. The summed E-state index contributed by atoms with van der Waals surface area (Å²) in [7, 11) is 0. The molecule has 0 saturated heterocycles. The van der Waals surface area contributed by atoms with Crippen molar-refractivity contribution in [3.8, 4) is 0 Å². The predicted octanol–water partition coefficient (Wildman–Crippen LogP) is 3.51. The number of thiazole rings is 1. The molecule has 0 radical (unpaired) electrons. The van der Waals surface area contributed by atoms with E-state index in [0.29, 0.717) is 18.9 Å². The minimum atomic E-state index is -0.343. The van der Waals surface area contributed by atoms with E-state index in [1.807, 2.05) is 13.8 Å². The van der Waals surface area contributed by atoms with Gasteiger partial charge in [-0.25, -0.2) is 9.78 Å². The van der Waals surface area contributed by atoms with Gasteiger partial charge in [-0.05, 0) is 27.2 Å². The van der Waals surface area contributed by atoms with Gasteiger partial charge in [0.25, 0.3) is 0 Å². The standard InChI is InChI=1S/C13H21NO3S/c1-5-8-10(16-6-2)12-14-11(9(4)18-12)13(15)17-7-3/h10H,5-8H2,1-4H3. The van der Waals surface area contributed by atoms with Crippen LogP contribution in [-0.2, 0) is 9.47 Å². The van der Waals surface area contributed by atoms with Crippen molar-refractivity contribution in [1.29, 1.82) is 0 Å². The first-order chi connectivity index (χ1) is 8.63. The van der Waals surface area contributed by atoms with Crippen LogP contribution in [0.3, 0.4) is 0 Å². The second-order valence-electron chi connectivity index (χ2n) is 3.91. The van der Waals surface area contributed by atoms with E-state index in [9.17, 15) is 4.79 Å². The van der Waals surface area contributed by atoms with Gasteiger partial charge in [0.15, 0.2) is 5.69 Å². The number of rotatable bonds is 7. The van der Waals surface area contributed by atoms with Crippen molar-refractivity contribution in [2.24, 2.45) is 0 Å². The first-order valence-corrected chi connectivity index (χ1v) is 7.21. The first-order valence-electron chi connectivity index (χ1n) is 6.40. The molecule has 0 spiro atoms. The van der Waals surface area contributed by atoms with E-state index >= 15 is 0 Å². The maximum Gasteiger partial charge on any atom is 0.358 e. The van der Waals surface area contributed by atoms with Gasteiger partial charge >= 0.3 is 5.97 Å². The molecule has 0 amide bonds. The molecular formula is C13H21NO3S. The molecular weight excluding hydrogens is 250 g/mol. The number of ether oxygens (including phenoxy) is 2. The summed E-state index contributed by atoms with van der Waals surface area (Å²) < 4.78 is 10.7. The molecule has 0 N–H and O–H groups in total. The van der Waals surface area contributed by atoms with Crippen LogP contribution in [0.5, 0.6) is 0 Å². The summed E-state index contributed by atoms with van der Waals surface area (Å²) in [5, 5.41) is 0.874. The number of hydrogen-bond donors (Lipinski definition) is 0. The molecule has 0 aliphatic carbocycles. The third-order valence-electron chi connectivity index (χ3n) is 2.48. The molecule has 1 rings (SSSR count). The average molecular weight is 271 g/mol. The van der Waals surface area contributed by atoms with Crippen LogP contribution in [-0.4, -0.2) is 24.2 Å². The fraction of sp³-hybridized carbons (Fsp3) is 0.692. The largest absolute Gasteiger partial charge is 0.461 e. The van der Waals surface area contributed by atoms with Gasteiger partial charge in [0.1, 0.15) is 11.1 Å². The molecule has 0 aromatic carbocycles. The molecule has 1 unspecified atom stereocenters. The summed E-state index contributed by atoms with van der Waals surface area (Å²) in [5.74, 6) is -0.343. The third-order valence-corrected chi connectivity index (χ3v) is 3.54. The Morgan fingerprint density at radius 2 is 2.06 bits per heavy atom. The Morgan fingerprint density at radius 1 is 1.33 bits per heavy atom. The van der Waals surface area contributed by atoms with Gasteiger partial charge < -0.3 is 9.47 Å². The van der Waals surface area contributed by atoms with Crippen molar-refractivity contribution >= 4 is 17.3 Å². The second-order valence-corrected chi connectivity index (χ2v) is 5.14. The van der Waals surface area contributed by atoms with Crippen LogP contribution < -0.4 is 0 Å². The van der Waals surface area contributed by atoms with Crippen LogP contribution >= 0.6 is 11.3 Å². The molecule has 0 saturated carbocycles. The van der Waals surface area contributed by atoms with Gasteiger partial charge in [-0.2, -0.15) is 0 Å². The van der Waals surface area contributed by atoms with Gasteiger partial charge in [-0.1, -0.05) is 13.3 Å². The van der Waals surface area contributed by atoms with Gasteiger partial charge in [-0.3, -0.25) is 0 Å². The lowest BCUT2D eigenvalue weighted by Gasteiger charge is -2.12. The molecule has 0 aliphatic heterocycles. The molecule has 18 heavy (non-hydrogen) atoms. The van der Waals surface area contributed by atoms with Crippen molar-refractivity contribution < 1.29 is 14.3 Å². The van der Waals surface area contributed by atoms with Crippen LogP contribution in [0.2, 0.25) is 0 Å². The Morgan fingerprint density at radius 3 is 2.61 bits per heavy atom. The molecule has 1 aromatic rings. The molecule has 4 nitrogen and oxygen atoms in total. The lowest BCUT2D eigenvalue weighted by atomic mass is 10.2. The summed E-state index contributed by atoms with van der Waals surface area (Å²) >= 11 is 1.52. The zero-order valence-corrected chi connectivity index (χ0v) is 12.3. The summed E-state index contributed by atoms with van der Waals surface area (Å²) in [6.07, 6.45) is 1.94. The number of aryl methyl sites for hydroxylation is 1. The second kappa shape index (κ2) is 7.48. The van der Waals surface area contributed by atoms with Gasteiger partial charge in [-0.15, -0.1) is 11.3 Å². The number of esters is 1. The fourth-order valence-corrected chi connectivity index (χ4v) is 2.68. The Bertz CT molecular complexity index is 384. The molecule has 0 aliphatic rings. The van der Waals surface area contributed by atoms with Crippen molar-refractivity contribution in [3.05, 3.63) is 15.6 Å². The minimum absolute atomic E-state index is 0.00752. The normalized spacial score (nSPS) is 12.4. The van der Waals surface area contributed by atoms with E-state index < -0.39 is 0 Å². The van der Waals surface area contributed by atoms with E-state index in [1.165, 1.54) is 11.3 Å². The van der Waals surface area contributed by atoms with Crippen LogP contribution in [0.4, 0.5) is 0 Å². The molecule has 1 heterocycles. The maximum atomic E-state index is 11.7. The highest BCUT2D eigenvalue weighted by molar-refractivity contribution is 7.11. The topological polar surface area (TPSA) is 48.4 Å². The van der Waals surface area contributed by atoms with Gasteiger partial charge in [0, 0.05) is 11.5 Å². The highest BCUT2D eigenvalue weighted by atomic mass is 32.1. The van der Waals surface area contributed by atoms with Crippen LogP contribution in [0, 0.1) is 6.92 Å². The van der Waals surface area contributed by atoms with Crippen LogP contribution in [0.1, 0.15) is 60.1 Å². The van der Waals surface area contributed by atoms with Gasteiger partial charge in [0.05, 0.1) is 6.61 Å². The molecule has 0 fully saturated rings. The molecule has 0 bridgehead atoms. The highest BCUT2D eigenvalue weighted by Gasteiger charge is 2.21. The summed E-state index contributed by atoms with van der Waals surface area (Å²) in [6, 6.07) is 0. The van der Waals surface area contributed by atoms with E-state index in [1.54, 1.807) is 6.92 Å². The lowest BCUT2D eigenvalue weighted by molar-refractivity contribution is 0.0505. The summed E-state index contributed by atoms with van der Waals surface area (Å²) in [6.45, 7) is 8.78.